The highest BCUT2D eigenvalue weighted by Gasteiger charge is 2.65. The Morgan fingerprint density at radius 2 is 2.00 bits per heavy atom. The molecule has 1 heterocycles. The summed E-state index contributed by atoms with van der Waals surface area (Å²) in [5.41, 5.74) is 0.305. The Bertz CT molecular complexity index is 519. The number of ether oxygens (including phenoxy) is 1. The quantitative estimate of drug-likeness (QED) is 0.571. The number of hydrogen-bond acceptors (Lipinski definition) is 3. The van der Waals surface area contributed by atoms with Crippen molar-refractivity contribution in [3.05, 3.63) is 12.2 Å². The van der Waals surface area contributed by atoms with Crippen molar-refractivity contribution in [1.29, 1.82) is 0 Å². The Kier molecular flexibility index (Phi) is 2.74. The van der Waals surface area contributed by atoms with Gasteiger partial charge in [0.05, 0.1) is 5.71 Å². The van der Waals surface area contributed by atoms with Crippen LogP contribution in [0.15, 0.2) is 17.1 Å². The van der Waals surface area contributed by atoms with E-state index in [1.165, 1.54) is 0 Å². The SMILES string of the molecule is C/C=C/C[C@]1(C)N=C2C[C@@H]3[C@H](C[C@]2(C)OC1=O)C3(C)C. The standard InChI is InChI=1S/C17H25NO2/c1-6-7-8-16(4)14(19)20-17(5)10-12-11(15(12,2)3)9-13(17)18-16/h6-7,11-12H,8-10H2,1-5H3/b7-6+/t11-,12+,16+,17+/m1/s1. The molecule has 0 aromatic heterocycles. The molecule has 0 radical (unpaired) electrons. The second kappa shape index (κ2) is 3.96. The summed E-state index contributed by atoms with van der Waals surface area (Å²) in [5, 5.41) is 0. The minimum Gasteiger partial charge on any atom is -0.451 e. The first-order valence-electron chi connectivity index (χ1n) is 7.67. The van der Waals surface area contributed by atoms with E-state index < -0.39 is 11.1 Å². The Labute approximate surface area is 121 Å². The van der Waals surface area contributed by atoms with Crippen molar-refractivity contribution < 1.29 is 9.53 Å². The number of carbonyl (C=O) groups excluding carboxylic acids is 1. The van der Waals surface area contributed by atoms with Crippen molar-refractivity contribution in [1.82, 2.24) is 0 Å². The third kappa shape index (κ3) is 1.78. The number of allylic oxidation sites excluding steroid dienone is 1. The first-order chi connectivity index (χ1) is 9.23. The van der Waals surface area contributed by atoms with Gasteiger partial charge in [-0.05, 0) is 50.9 Å². The van der Waals surface area contributed by atoms with Gasteiger partial charge in [0, 0.05) is 6.42 Å². The number of carbonyl (C=O) groups is 1. The number of aliphatic imine (C=N–C) groups is 1. The maximum atomic E-state index is 12.4. The van der Waals surface area contributed by atoms with Crippen LogP contribution in [-0.4, -0.2) is 22.8 Å². The molecule has 0 saturated heterocycles. The zero-order valence-corrected chi connectivity index (χ0v) is 13.2. The third-order valence-electron chi connectivity index (χ3n) is 5.81. The van der Waals surface area contributed by atoms with E-state index in [1.807, 2.05) is 32.9 Å². The average molecular weight is 275 g/mol. The molecule has 2 aliphatic carbocycles. The highest BCUT2D eigenvalue weighted by molar-refractivity contribution is 6.01. The lowest BCUT2D eigenvalue weighted by Gasteiger charge is -2.42. The molecule has 0 bridgehead atoms. The monoisotopic (exact) mass is 275 g/mol. The lowest BCUT2D eigenvalue weighted by Crippen LogP contribution is -2.54. The second-order valence-electron chi connectivity index (χ2n) is 7.67. The van der Waals surface area contributed by atoms with E-state index in [-0.39, 0.29) is 5.97 Å². The minimum absolute atomic E-state index is 0.168. The van der Waals surface area contributed by atoms with E-state index >= 15 is 0 Å². The molecule has 0 unspecified atom stereocenters. The van der Waals surface area contributed by atoms with Crippen LogP contribution in [0.5, 0.6) is 0 Å². The number of rotatable bonds is 2. The first kappa shape index (κ1) is 13.8. The van der Waals surface area contributed by atoms with E-state index in [2.05, 4.69) is 13.8 Å². The fraction of sp³-hybridized carbons (Fsp3) is 0.765. The fourth-order valence-electron chi connectivity index (χ4n) is 4.03. The Morgan fingerprint density at radius 1 is 1.30 bits per heavy atom. The molecule has 0 aromatic rings. The van der Waals surface area contributed by atoms with Gasteiger partial charge in [0.25, 0.3) is 0 Å². The normalized spacial score (nSPS) is 45.5. The lowest BCUT2D eigenvalue weighted by molar-refractivity contribution is -0.161. The topological polar surface area (TPSA) is 38.7 Å². The van der Waals surface area contributed by atoms with Crippen LogP contribution in [0.3, 0.4) is 0 Å². The maximum absolute atomic E-state index is 12.4. The molecule has 0 N–H and O–H groups in total. The number of hydrogen-bond donors (Lipinski definition) is 0. The van der Waals surface area contributed by atoms with Crippen molar-refractivity contribution in [3.63, 3.8) is 0 Å². The van der Waals surface area contributed by atoms with Gasteiger partial charge in [-0.3, -0.25) is 4.99 Å². The van der Waals surface area contributed by atoms with Gasteiger partial charge in [0.2, 0.25) is 0 Å². The van der Waals surface area contributed by atoms with Crippen LogP contribution in [0.2, 0.25) is 0 Å². The Hall–Kier alpha value is -1.12. The second-order valence-corrected chi connectivity index (χ2v) is 7.67. The van der Waals surface area contributed by atoms with E-state index in [0.29, 0.717) is 17.8 Å². The van der Waals surface area contributed by atoms with Crippen LogP contribution in [0.25, 0.3) is 0 Å². The van der Waals surface area contributed by atoms with Crippen molar-refractivity contribution in [2.45, 2.75) is 65.0 Å². The fourth-order valence-corrected chi connectivity index (χ4v) is 4.03. The number of nitrogens with zero attached hydrogens (tertiary/aromatic N) is 1. The molecule has 2 saturated carbocycles. The molecule has 2 fully saturated rings. The van der Waals surface area contributed by atoms with Gasteiger partial charge in [-0.2, -0.15) is 0 Å². The van der Waals surface area contributed by atoms with Gasteiger partial charge >= 0.3 is 5.97 Å². The van der Waals surface area contributed by atoms with Gasteiger partial charge in [0.15, 0.2) is 5.54 Å². The van der Waals surface area contributed by atoms with Crippen LogP contribution in [0.1, 0.15) is 53.9 Å². The summed E-state index contributed by atoms with van der Waals surface area (Å²) in [5.74, 6) is 1.23. The molecule has 20 heavy (non-hydrogen) atoms. The van der Waals surface area contributed by atoms with Crippen LogP contribution in [0.4, 0.5) is 0 Å². The number of fused-ring (bicyclic) bond motifs is 2. The summed E-state index contributed by atoms with van der Waals surface area (Å²) in [6.07, 6.45) is 6.52. The third-order valence-corrected chi connectivity index (χ3v) is 5.81. The average Bonchev–Trinajstić information content (AvgIpc) is 2.86. The van der Waals surface area contributed by atoms with E-state index in [0.717, 1.165) is 24.5 Å². The van der Waals surface area contributed by atoms with Gasteiger partial charge < -0.3 is 4.74 Å². The lowest BCUT2D eigenvalue weighted by atomic mass is 9.81. The smallest absolute Gasteiger partial charge is 0.334 e. The van der Waals surface area contributed by atoms with Crippen molar-refractivity contribution >= 4 is 11.7 Å². The summed E-state index contributed by atoms with van der Waals surface area (Å²) in [6, 6.07) is 0. The molecule has 4 atom stereocenters. The summed E-state index contributed by atoms with van der Waals surface area (Å²) in [6.45, 7) is 10.6. The summed E-state index contributed by atoms with van der Waals surface area (Å²) in [7, 11) is 0. The molecule has 3 nitrogen and oxygen atoms in total. The first-order valence-corrected chi connectivity index (χ1v) is 7.67. The molecule has 3 rings (SSSR count). The molecule has 0 spiro atoms. The van der Waals surface area contributed by atoms with Crippen LogP contribution >= 0.6 is 0 Å². The Balaban J connectivity index is 1.93. The van der Waals surface area contributed by atoms with Gasteiger partial charge in [-0.15, -0.1) is 0 Å². The number of esters is 1. The molecule has 3 aliphatic rings. The highest BCUT2D eigenvalue weighted by Crippen LogP contribution is 2.66. The molecule has 3 heteroatoms. The van der Waals surface area contributed by atoms with Gasteiger partial charge in [0.1, 0.15) is 5.60 Å². The molecule has 0 amide bonds. The molecular formula is C17H25NO2. The molecular weight excluding hydrogens is 250 g/mol. The maximum Gasteiger partial charge on any atom is 0.334 e. The molecule has 110 valence electrons. The zero-order valence-electron chi connectivity index (χ0n) is 13.2. The highest BCUT2D eigenvalue weighted by atomic mass is 16.6. The van der Waals surface area contributed by atoms with Crippen molar-refractivity contribution in [3.8, 4) is 0 Å². The van der Waals surface area contributed by atoms with Crippen LogP contribution in [-0.2, 0) is 9.53 Å². The summed E-state index contributed by atoms with van der Waals surface area (Å²) in [4.78, 5) is 17.3. The minimum atomic E-state index is -0.729. The van der Waals surface area contributed by atoms with Crippen molar-refractivity contribution in [2.75, 3.05) is 0 Å². The summed E-state index contributed by atoms with van der Waals surface area (Å²) < 4.78 is 5.88. The molecule has 1 aliphatic heterocycles. The van der Waals surface area contributed by atoms with E-state index in [4.69, 9.17) is 9.73 Å². The zero-order chi connectivity index (χ0) is 14.8. The largest absolute Gasteiger partial charge is 0.451 e. The van der Waals surface area contributed by atoms with Gasteiger partial charge in [-0.25, -0.2) is 4.79 Å². The van der Waals surface area contributed by atoms with Crippen LogP contribution in [0, 0.1) is 17.3 Å². The van der Waals surface area contributed by atoms with E-state index in [9.17, 15) is 4.79 Å². The Morgan fingerprint density at radius 3 is 2.65 bits per heavy atom. The van der Waals surface area contributed by atoms with Gasteiger partial charge in [-0.1, -0.05) is 26.0 Å². The van der Waals surface area contributed by atoms with E-state index in [1.54, 1.807) is 0 Å². The molecule has 0 aromatic carbocycles. The predicted octanol–water partition coefficient (Wildman–Crippen LogP) is 3.53. The van der Waals surface area contributed by atoms with Crippen LogP contribution < -0.4 is 0 Å². The van der Waals surface area contributed by atoms with Crippen molar-refractivity contribution in [2.24, 2.45) is 22.2 Å². The summed E-state index contributed by atoms with van der Waals surface area (Å²) >= 11 is 0. The predicted molar refractivity (Wildman–Crippen MR) is 79.8 cm³/mol.